The average molecular weight is 329 g/mol. The Morgan fingerprint density at radius 3 is 2.53 bits per heavy atom. The zero-order valence-corrected chi connectivity index (χ0v) is 14.3. The second-order valence-electron chi connectivity index (χ2n) is 5.77. The number of nitrogens with zero attached hydrogens (tertiary/aromatic N) is 1. The molecule has 1 aromatic carbocycles. The number of hydrogen-bond donors (Lipinski definition) is 1. The van der Waals surface area contributed by atoms with Gasteiger partial charge in [-0.05, 0) is 45.4 Å². The lowest BCUT2D eigenvalue weighted by Crippen LogP contribution is -2.31. The summed E-state index contributed by atoms with van der Waals surface area (Å²) in [5.41, 5.74) is 2.21. The summed E-state index contributed by atoms with van der Waals surface area (Å²) < 4.78 is 6.57. The molecule has 1 rings (SSSR count). The third-order valence-electron chi connectivity index (χ3n) is 3.19. The molecule has 0 aliphatic heterocycles. The summed E-state index contributed by atoms with van der Waals surface area (Å²) in [5, 5.41) is 3.57. The lowest BCUT2D eigenvalue weighted by atomic mass is 9.99. The van der Waals surface area contributed by atoms with Gasteiger partial charge in [-0.15, -0.1) is 0 Å². The van der Waals surface area contributed by atoms with E-state index in [1.54, 1.807) is 7.11 Å². The highest BCUT2D eigenvalue weighted by Gasteiger charge is 2.20. The Hall–Kier alpha value is -0.740. The first-order valence-electron chi connectivity index (χ1n) is 6.54. The van der Waals surface area contributed by atoms with E-state index in [1.165, 1.54) is 5.69 Å². The van der Waals surface area contributed by atoms with Gasteiger partial charge >= 0.3 is 0 Å². The van der Waals surface area contributed by atoms with Crippen molar-refractivity contribution in [2.45, 2.75) is 38.8 Å². The number of anilines is 2. The molecule has 0 bridgehead atoms. The highest BCUT2D eigenvalue weighted by atomic mass is 79.9. The monoisotopic (exact) mass is 328 g/mol. The molecule has 0 amide bonds. The SMILES string of the molecule is COC(C)(C)CC(C)Nc1cc(Br)ccc1N(C)C. The Morgan fingerprint density at radius 2 is 2.00 bits per heavy atom. The Bertz CT molecular complexity index is 419. The van der Waals surface area contributed by atoms with Crippen molar-refractivity contribution in [1.29, 1.82) is 0 Å². The van der Waals surface area contributed by atoms with Crippen LogP contribution >= 0.6 is 15.9 Å². The highest BCUT2D eigenvalue weighted by molar-refractivity contribution is 9.10. The minimum Gasteiger partial charge on any atom is -0.381 e. The Morgan fingerprint density at radius 1 is 1.37 bits per heavy atom. The van der Waals surface area contributed by atoms with Gasteiger partial charge in [-0.1, -0.05) is 15.9 Å². The van der Waals surface area contributed by atoms with Crippen molar-refractivity contribution >= 4 is 27.3 Å². The number of methoxy groups -OCH3 is 1. The number of hydrogen-bond acceptors (Lipinski definition) is 3. The van der Waals surface area contributed by atoms with Crippen LogP contribution in [-0.2, 0) is 4.74 Å². The molecular formula is C15H25BrN2O. The van der Waals surface area contributed by atoms with Crippen LogP contribution in [0.25, 0.3) is 0 Å². The molecule has 0 aliphatic rings. The first-order chi connectivity index (χ1) is 8.75. The lowest BCUT2D eigenvalue weighted by Gasteiger charge is -2.29. The van der Waals surface area contributed by atoms with Crippen LogP contribution in [0.4, 0.5) is 11.4 Å². The first kappa shape index (κ1) is 16.3. The fourth-order valence-corrected chi connectivity index (χ4v) is 2.51. The largest absolute Gasteiger partial charge is 0.381 e. The van der Waals surface area contributed by atoms with Crippen LogP contribution in [-0.4, -0.2) is 32.8 Å². The van der Waals surface area contributed by atoms with E-state index in [1.807, 2.05) is 0 Å². The van der Waals surface area contributed by atoms with Crippen LogP contribution in [0, 0.1) is 0 Å². The van der Waals surface area contributed by atoms with Crippen molar-refractivity contribution in [3.63, 3.8) is 0 Å². The molecule has 1 atom stereocenters. The number of halogens is 1. The van der Waals surface area contributed by atoms with Gasteiger partial charge in [-0.2, -0.15) is 0 Å². The minimum atomic E-state index is -0.114. The van der Waals surface area contributed by atoms with E-state index < -0.39 is 0 Å². The molecule has 1 unspecified atom stereocenters. The van der Waals surface area contributed by atoms with Gasteiger partial charge in [0.15, 0.2) is 0 Å². The standard InChI is InChI=1S/C15H25BrN2O/c1-11(10-15(2,3)19-6)17-13-9-12(16)7-8-14(13)18(4)5/h7-9,11,17H,10H2,1-6H3. The van der Waals surface area contributed by atoms with Crippen LogP contribution in [0.2, 0.25) is 0 Å². The van der Waals surface area contributed by atoms with Crippen molar-refractivity contribution in [2.24, 2.45) is 0 Å². The highest BCUT2D eigenvalue weighted by Crippen LogP contribution is 2.29. The van der Waals surface area contributed by atoms with E-state index in [2.05, 4.69) is 79.2 Å². The molecule has 0 saturated heterocycles. The van der Waals surface area contributed by atoms with Crippen molar-refractivity contribution < 1.29 is 4.74 Å². The molecule has 1 N–H and O–H groups in total. The number of rotatable bonds is 6. The van der Waals surface area contributed by atoms with Crippen LogP contribution in [0.15, 0.2) is 22.7 Å². The predicted molar refractivity (Wildman–Crippen MR) is 87.3 cm³/mol. The molecule has 0 spiro atoms. The second-order valence-corrected chi connectivity index (χ2v) is 6.68. The van der Waals surface area contributed by atoms with Gasteiger partial charge in [0.2, 0.25) is 0 Å². The van der Waals surface area contributed by atoms with Gasteiger partial charge in [0.05, 0.1) is 17.0 Å². The van der Waals surface area contributed by atoms with Crippen LogP contribution < -0.4 is 10.2 Å². The Labute approximate surface area is 125 Å². The summed E-state index contributed by atoms with van der Waals surface area (Å²) in [7, 11) is 5.87. The maximum absolute atomic E-state index is 5.49. The zero-order valence-electron chi connectivity index (χ0n) is 12.7. The maximum Gasteiger partial charge on any atom is 0.0642 e. The fraction of sp³-hybridized carbons (Fsp3) is 0.600. The summed E-state index contributed by atoms with van der Waals surface area (Å²) in [6, 6.07) is 6.62. The van der Waals surface area contributed by atoms with Gasteiger partial charge in [-0.25, -0.2) is 0 Å². The fourth-order valence-electron chi connectivity index (χ4n) is 2.15. The normalized spacial score (nSPS) is 13.2. The third-order valence-corrected chi connectivity index (χ3v) is 3.69. The molecule has 0 aliphatic carbocycles. The molecule has 0 aromatic heterocycles. The number of ether oxygens (including phenoxy) is 1. The van der Waals surface area contributed by atoms with Crippen LogP contribution in [0.3, 0.4) is 0 Å². The summed E-state index contributed by atoms with van der Waals surface area (Å²) in [5.74, 6) is 0. The molecule has 0 fully saturated rings. The topological polar surface area (TPSA) is 24.5 Å². The van der Waals surface area contributed by atoms with Crippen molar-refractivity contribution in [3.8, 4) is 0 Å². The molecule has 108 valence electrons. The van der Waals surface area contributed by atoms with E-state index in [4.69, 9.17) is 4.74 Å². The Balaban J connectivity index is 2.84. The van der Waals surface area contributed by atoms with E-state index >= 15 is 0 Å². The molecule has 0 heterocycles. The van der Waals surface area contributed by atoms with Crippen molar-refractivity contribution in [3.05, 3.63) is 22.7 Å². The van der Waals surface area contributed by atoms with Crippen LogP contribution in [0.5, 0.6) is 0 Å². The summed E-state index contributed by atoms with van der Waals surface area (Å²) in [6.07, 6.45) is 0.947. The lowest BCUT2D eigenvalue weighted by molar-refractivity contribution is 0.0128. The smallest absolute Gasteiger partial charge is 0.0642 e. The van der Waals surface area contributed by atoms with Gasteiger partial charge in [-0.3, -0.25) is 0 Å². The van der Waals surface area contributed by atoms with E-state index in [0.717, 1.165) is 16.6 Å². The van der Waals surface area contributed by atoms with E-state index in [9.17, 15) is 0 Å². The van der Waals surface area contributed by atoms with Gasteiger partial charge < -0.3 is 15.0 Å². The van der Waals surface area contributed by atoms with Crippen LogP contribution in [0.1, 0.15) is 27.2 Å². The number of nitrogens with one attached hydrogen (secondary N) is 1. The molecule has 0 radical (unpaired) electrons. The summed E-state index contributed by atoms with van der Waals surface area (Å²) in [4.78, 5) is 2.11. The number of benzene rings is 1. The van der Waals surface area contributed by atoms with Crippen molar-refractivity contribution in [1.82, 2.24) is 0 Å². The van der Waals surface area contributed by atoms with E-state index in [-0.39, 0.29) is 5.60 Å². The molecule has 1 aromatic rings. The molecular weight excluding hydrogens is 304 g/mol. The van der Waals surface area contributed by atoms with Gasteiger partial charge in [0, 0.05) is 31.7 Å². The zero-order chi connectivity index (χ0) is 14.6. The van der Waals surface area contributed by atoms with Gasteiger partial charge in [0.1, 0.15) is 0 Å². The predicted octanol–water partition coefficient (Wildman–Crippen LogP) is 4.13. The van der Waals surface area contributed by atoms with E-state index in [0.29, 0.717) is 6.04 Å². The van der Waals surface area contributed by atoms with Gasteiger partial charge in [0.25, 0.3) is 0 Å². The Kier molecular flexibility index (Phi) is 5.68. The maximum atomic E-state index is 5.49. The molecule has 4 heteroatoms. The minimum absolute atomic E-state index is 0.114. The molecule has 0 saturated carbocycles. The summed E-state index contributed by atoms with van der Waals surface area (Å²) in [6.45, 7) is 6.40. The quantitative estimate of drug-likeness (QED) is 0.849. The molecule has 19 heavy (non-hydrogen) atoms. The average Bonchev–Trinajstić information content (AvgIpc) is 2.27. The molecule has 3 nitrogen and oxygen atoms in total. The second kappa shape index (κ2) is 6.62. The summed E-state index contributed by atoms with van der Waals surface area (Å²) >= 11 is 3.53. The first-order valence-corrected chi connectivity index (χ1v) is 7.33. The van der Waals surface area contributed by atoms with Crippen molar-refractivity contribution in [2.75, 3.05) is 31.4 Å². The third kappa shape index (κ3) is 5.03.